The molecule has 0 N–H and O–H groups in total. The zero-order chi connectivity index (χ0) is 28.9. The number of hydrogen-bond donors (Lipinski definition) is 0. The number of amides is 1. The number of hydrogen-bond acceptors (Lipinski definition) is 5. The fourth-order valence-corrected chi connectivity index (χ4v) is 4.80. The molecule has 0 bridgehead atoms. The van der Waals surface area contributed by atoms with Crippen LogP contribution in [0.1, 0.15) is 43.7 Å². The monoisotopic (exact) mass is 561 g/mol. The Hall–Kier alpha value is -3.96. The van der Waals surface area contributed by atoms with Crippen molar-refractivity contribution < 1.29 is 31.5 Å². The minimum Gasteiger partial charge on any atom is -0.484 e. The van der Waals surface area contributed by atoms with Gasteiger partial charge in [-0.1, -0.05) is 19.9 Å². The van der Waals surface area contributed by atoms with Crippen molar-refractivity contribution in [1.29, 1.82) is 0 Å². The lowest BCUT2D eigenvalue weighted by Gasteiger charge is -2.33. The van der Waals surface area contributed by atoms with Crippen LogP contribution in [-0.2, 0) is 6.54 Å². The molecule has 0 saturated carbocycles. The number of carbonyl (C=O) groups is 1. The highest BCUT2D eigenvalue weighted by Crippen LogP contribution is 2.38. The zero-order valence-electron chi connectivity index (χ0n) is 22.4. The summed E-state index contributed by atoms with van der Waals surface area (Å²) in [5.74, 6) is -5.66. The Balaban J connectivity index is 1.68. The van der Waals surface area contributed by atoms with E-state index in [0.29, 0.717) is 37.4 Å². The lowest BCUT2D eigenvalue weighted by atomic mass is 10.1. The number of aromatic nitrogens is 2. The molecule has 212 valence electrons. The third kappa shape index (κ3) is 5.02. The topological polar surface area (TPSA) is 63.0 Å². The molecule has 3 aromatic rings. The number of carbonyl (C=O) groups excluding carboxylic acids is 1. The second kappa shape index (κ2) is 10.2. The van der Waals surface area contributed by atoms with E-state index in [0.717, 1.165) is 18.2 Å². The van der Waals surface area contributed by atoms with Gasteiger partial charge in [0.25, 0.3) is 11.8 Å². The number of aliphatic imine (C=N–C) groups is 1. The van der Waals surface area contributed by atoms with Crippen molar-refractivity contribution in [2.45, 2.75) is 46.2 Å². The maximum atomic E-state index is 14.5. The van der Waals surface area contributed by atoms with Crippen molar-refractivity contribution in [3.8, 4) is 17.1 Å². The van der Waals surface area contributed by atoms with Gasteiger partial charge in [-0.25, -0.2) is 31.9 Å². The third-order valence-electron chi connectivity index (χ3n) is 6.86. The maximum Gasteiger partial charge on any atom is 0.283 e. The fourth-order valence-electron chi connectivity index (χ4n) is 4.80. The van der Waals surface area contributed by atoms with Crippen molar-refractivity contribution in [1.82, 2.24) is 14.5 Å². The van der Waals surface area contributed by atoms with E-state index in [9.17, 15) is 26.7 Å². The summed E-state index contributed by atoms with van der Waals surface area (Å²) in [6, 6.07) is 7.03. The molecule has 1 aromatic heterocycles. The van der Waals surface area contributed by atoms with Gasteiger partial charge in [0.2, 0.25) is 5.96 Å². The summed E-state index contributed by atoms with van der Waals surface area (Å²) in [5, 5.41) is 0. The maximum absolute atomic E-state index is 14.5. The first-order chi connectivity index (χ1) is 18.9. The van der Waals surface area contributed by atoms with Crippen LogP contribution in [0, 0.1) is 23.4 Å². The van der Waals surface area contributed by atoms with Crippen LogP contribution >= 0.6 is 0 Å². The summed E-state index contributed by atoms with van der Waals surface area (Å²) in [5.41, 5.74) is 0.768. The summed E-state index contributed by atoms with van der Waals surface area (Å²) in [4.78, 5) is 26.4. The number of anilines is 1. The van der Waals surface area contributed by atoms with Gasteiger partial charge in [-0.05, 0) is 48.7 Å². The minimum atomic E-state index is -3.19. The van der Waals surface area contributed by atoms with Gasteiger partial charge >= 0.3 is 0 Å². The molecule has 2 aliphatic rings. The van der Waals surface area contributed by atoms with E-state index in [1.807, 2.05) is 25.7 Å². The molecule has 12 heteroatoms. The molecule has 0 spiro atoms. The predicted molar refractivity (Wildman–Crippen MR) is 139 cm³/mol. The number of ether oxygens (including phenoxy) is 1. The molecule has 3 heterocycles. The van der Waals surface area contributed by atoms with E-state index in [2.05, 4.69) is 4.98 Å². The van der Waals surface area contributed by atoms with E-state index >= 15 is 0 Å². The lowest BCUT2D eigenvalue weighted by Crippen LogP contribution is -2.50. The Kier molecular flexibility index (Phi) is 7.05. The highest BCUT2D eigenvalue weighted by molar-refractivity contribution is 6.18. The van der Waals surface area contributed by atoms with E-state index in [1.54, 1.807) is 4.57 Å². The average molecular weight is 562 g/mol. The van der Waals surface area contributed by atoms with E-state index < -0.39 is 41.6 Å². The van der Waals surface area contributed by atoms with Gasteiger partial charge in [0.1, 0.15) is 11.6 Å². The van der Waals surface area contributed by atoms with Crippen molar-refractivity contribution in [2.75, 3.05) is 24.6 Å². The Labute approximate surface area is 227 Å². The van der Waals surface area contributed by atoms with Gasteiger partial charge in [0.05, 0.1) is 19.1 Å². The van der Waals surface area contributed by atoms with Gasteiger partial charge in [0, 0.05) is 19.0 Å². The van der Waals surface area contributed by atoms with Crippen LogP contribution in [0.2, 0.25) is 0 Å². The Morgan fingerprint density at radius 1 is 1.07 bits per heavy atom. The first kappa shape index (κ1) is 27.6. The van der Waals surface area contributed by atoms with Crippen LogP contribution in [0.15, 0.2) is 41.4 Å². The molecule has 1 amide bonds. The molecule has 2 aromatic carbocycles. The number of halogens is 5. The molecule has 2 aliphatic heterocycles. The van der Waals surface area contributed by atoms with Crippen LogP contribution in [0.3, 0.4) is 0 Å². The summed E-state index contributed by atoms with van der Waals surface area (Å²) in [7, 11) is 0. The SMILES string of the molecule is CCN1C(=O)c2nc(-c3ccc(F)c(OCC(C)(F)F)c3)n(Cc3ccc(F)c(F)c3)c2N2C[C@@H](C(C)C)N=C12. The van der Waals surface area contributed by atoms with Crippen molar-refractivity contribution in [2.24, 2.45) is 10.9 Å². The number of rotatable bonds is 8. The molecule has 1 atom stereocenters. The first-order valence-corrected chi connectivity index (χ1v) is 12.9. The molecule has 0 saturated heterocycles. The number of alkyl halides is 2. The van der Waals surface area contributed by atoms with Gasteiger partial charge in [-0.15, -0.1) is 0 Å². The van der Waals surface area contributed by atoms with Crippen LogP contribution in [0.25, 0.3) is 11.4 Å². The smallest absolute Gasteiger partial charge is 0.283 e. The highest BCUT2D eigenvalue weighted by Gasteiger charge is 2.44. The van der Waals surface area contributed by atoms with Crippen LogP contribution < -0.4 is 9.64 Å². The highest BCUT2D eigenvalue weighted by atomic mass is 19.3. The predicted octanol–water partition coefficient (Wildman–Crippen LogP) is 5.73. The van der Waals surface area contributed by atoms with Crippen LogP contribution in [0.5, 0.6) is 5.75 Å². The number of guanidine groups is 1. The average Bonchev–Trinajstić information content (AvgIpc) is 3.48. The van der Waals surface area contributed by atoms with E-state index in [4.69, 9.17) is 9.73 Å². The second-order valence-electron chi connectivity index (χ2n) is 10.3. The number of benzene rings is 2. The molecule has 0 unspecified atom stereocenters. The Morgan fingerprint density at radius 3 is 2.45 bits per heavy atom. The summed E-state index contributed by atoms with van der Waals surface area (Å²) < 4.78 is 75.9. The van der Waals surface area contributed by atoms with Crippen molar-refractivity contribution in [3.05, 3.63) is 65.1 Å². The largest absolute Gasteiger partial charge is 0.484 e. The van der Waals surface area contributed by atoms with E-state index in [1.165, 1.54) is 23.1 Å². The summed E-state index contributed by atoms with van der Waals surface area (Å²) in [6.07, 6.45) is 0. The summed E-state index contributed by atoms with van der Waals surface area (Å²) in [6.45, 7) is 6.25. The number of fused-ring (bicyclic) bond motifs is 3. The van der Waals surface area contributed by atoms with Crippen molar-refractivity contribution in [3.63, 3.8) is 0 Å². The normalized spacial score (nSPS) is 16.9. The fraction of sp³-hybridized carbons (Fsp3) is 0.393. The molecule has 0 fully saturated rings. The number of nitrogens with zero attached hydrogens (tertiary/aromatic N) is 5. The lowest BCUT2D eigenvalue weighted by molar-refractivity contribution is -0.0239. The van der Waals surface area contributed by atoms with Crippen LogP contribution in [-0.4, -0.2) is 58.0 Å². The first-order valence-electron chi connectivity index (χ1n) is 12.9. The van der Waals surface area contributed by atoms with E-state index in [-0.39, 0.29) is 35.6 Å². The second-order valence-corrected chi connectivity index (χ2v) is 10.3. The molecular weight excluding hydrogens is 533 g/mol. The molecular formula is C28H28F5N5O2. The van der Waals surface area contributed by atoms with Gasteiger partial charge in [-0.3, -0.25) is 14.6 Å². The van der Waals surface area contributed by atoms with Gasteiger partial charge in [0.15, 0.2) is 35.5 Å². The zero-order valence-corrected chi connectivity index (χ0v) is 22.4. The van der Waals surface area contributed by atoms with Crippen LogP contribution in [0.4, 0.5) is 27.8 Å². The minimum absolute atomic E-state index is 0.0228. The number of imidazole rings is 1. The molecule has 5 rings (SSSR count). The Morgan fingerprint density at radius 2 is 1.80 bits per heavy atom. The summed E-state index contributed by atoms with van der Waals surface area (Å²) >= 11 is 0. The quantitative estimate of drug-likeness (QED) is 0.330. The van der Waals surface area contributed by atoms with Crippen molar-refractivity contribution >= 4 is 17.7 Å². The Bertz CT molecular complexity index is 1500. The third-order valence-corrected chi connectivity index (χ3v) is 6.86. The molecule has 7 nitrogen and oxygen atoms in total. The van der Waals surface area contributed by atoms with Gasteiger partial charge in [-0.2, -0.15) is 0 Å². The standard InChI is InChI=1S/C28H28F5N5O2/c1-5-36-26(39)23-25(38-13-21(15(2)3)34-27(36)38)37(12-16-6-8-18(29)20(31)10-16)24(35-23)17-7-9-19(30)22(11-17)40-14-28(4,32)33/h6-11,15,21H,5,12-14H2,1-4H3/t21-/m0/s1. The van der Waals surface area contributed by atoms with Gasteiger partial charge < -0.3 is 9.30 Å². The molecule has 40 heavy (non-hydrogen) atoms. The molecule has 0 aliphatic carbocycles. The molecule has 0 radical (unpaired) electrons.